The molecule has 1 aromatic rings. The summed E-state index contributed by atoms with van der Waals surface area (Å²) in [6.45, 7) is 0.847. The molecular weight excluding hydrogens is 267 g/mol. The van der Waals surface area contributed by atoms with Crippen LogP contribution in [0.4, 0.5) is 0 Å². The Morgan fingerprint density at radius 3 is 2.56 bits per heavy atom. The Bertz CT molecular complexity index is 401. The fourth-order valence-corrected chi connectivity index (χ4v) is 2.99. The van der Waals surface area contributed by atoms with Gasteiger partial charge in [-0.1, -0.05) is 35.3 Å². The average molecular weight is 287 g/mol. The standard InChI is InChI=1S/C14H20Cl2N2/c1-18(12-7-5-11(17)6-8-12)9-10-3-2-4-13(15)14(10)16/h2-4,11-12H,5-9,17H2,1H3. The molecule has 2 nitrogen and oxygen atoms in total. The zero-order valence-electron chi connectivity index (χ0n) is 10.7. The van der Waals surface area contributed by atoms with E-state index in [4.69, 9.17) is 28.9 Å². The number of benzene rings is 1. The minimum atomic E-state index is 0.393. The highest BCUT2D eigenvalue weighted by atomic mass is 35.5. The second-order valence-electron chi connectivity index (χ2n) is 5.20. The van der Waals surface area contributed by atoms with Crippen LogP contribution < -0.4 is 5.73 Å². The molecule has 0 saturated heterocycles. The van der Waals surface area contributed by atoms with Crippen molar-refractivity contribution in [1.29, 1.82) is 0 Å². The highest BCUT2D eigenvalue weighted by Gasteiger charge is 2.22. The largest absolute Gasteiger partial charge is 0.328 e. The van der Waals surface area contributed by atoms with Crippen molar-refractivity contribution >= 4 is 23.2 Å². The third-order valence-electron chi connectivity index (χ3n) is 3.82. The molecule has 0 amide bonds. The van der Waals surface area contributed by atoms with Crippen LogP contribution in [0.15, 0.2) is 18.2 Å². The first-order valence-corrected chi connectivity index (χ1v) is 7.22. The molecule has 0 spiro atoms. The molecule has 1 saturated carbocycles. The fraction of sp³-hybridized carbons (Fsp3) is 0.571. The Labute approximate surface area is 119 Å². The van der Waals surface area contributed by atoms with E-state index in [0.717, 1.165) is 24.9 Å². The van der Waals surface area contributed by atoms with Gasteiger partial charge in [0, 0.05) is 18.6 Å². The van der Waals surface area contributed by atoms with Crippen LogP contribution in [0, 0.1) is 0 Å². The highest BCUT2D eigenvalue weighted by molar-refractivity contribution is 6.42. The van der Waals surface area contributed by atoms with Gasteiger partial charge in [-0.3, -0.25) is 4.90 Å². The Balaban J connectivity index is 1.98. The van der Waals surface area contributed by atoms with Crippen LogP contribution in [0.1, 0.15) is 31.2 Å². The van der Waals surface area contributed by atoms with Gasteiger partial charge in [-0.15, -0.1) is 0 Å². The predicted octanol–water partition coefficient (Wildman–Crippen LogP) is 3.70. The van der Waals surface area contributed by atoms with Crippen LogP contribution in [0.25, 0.3) is 0 Å². The summed E-state index contributed by atoms with van der Waals surface area (Å²) in [7, 11) is 2.15. The molecule has 0 aromatic heterocycles. The maximum absolute atomic E-state index is 6.22. The lowest BCUT2D eigenvalue weighted by Crippen LogP contribution is -2.38. The van der Waals surface area contributed by atoms with E-state index in [1.807, 2.05) is 18.2 Å². The first-order chi connectivity index (χ1) is 8.58. The van der Waals surface area contributed by atoms with E-state index in [2.05, 4.69) is 11.9 Å². The number of nitrogens with zero attached hydrogens (tertiary/aromatic N) is 1. The van der Waals surface area contributed by atoms with E-state index in [9.17, 15) is 0 Å². The number of hydrogen-bond acceptors (Lipinski definition) is 2. The van der Waals surface area contributed by atoms with Gasteiger partial charge in [-0.25, -0.2) is 0 Å². The molecule has 1 aliphatic rings. The van der Waals surface area contributed by atoms with Crippen molar-refractivity contribution in [2.75, 3.05) is 7.05 Å². The van der Waals surface area contributed by atoms with Crippen LogP contribution >= 0.6 is 23.2 Å². The van der Waals surface area contributed by atoms with Crippen molar-refractivity contribution in [1.82, 2.24) is 4.90 Å². The second kappa shape index (κ2) is 6.25. The zero-order chi connectivity index (χ0) is 13.1. The minimum absolute atomic E-state index is 0.393. The topological polar surface area (TPSA) is 29.3 Å². The number of nitrogens with two attached hydrogens (primary N) is 1. The summed E-state index contributed by atoms with van der Waals surface area (Å²) in [5.74, 6) is 0. The van der Waals surface area contributed by atoms with Crippen molar-refractivity contribution < 1.29 is 0 Å². The van der Waals surface area contributed by atoms with Crippen molar-refractivity contribution in [3.63, 3.8) is 0 Å². The summed E-state index contributed by atoms with van der Waals surface area (Å²) in [5.41, 5.74) is 7.04. The van der Waals surface area contributed by atoms with Crippen LogP contribution in [-0.4, -0.2) is 24.0 Å². The van der Waals surface area contributed by atoms with E-state index >= 15 is 0 Å². The van der Waals surface area contributed by atoms with E-state index in [-0.39, 0.29) is 0 Å². The molecule has 1 aromatic carbocycles. The summed E-state index contributed by atoms with van der Waals surface area (Å²) in [6.07, 6.45) is 4.60. The van der Waals surface area contributed by atoms with Crippen LogP contribution in [-0.2, 0) is 6.54 Å². The van der Waals surface area contributed by atoms with Crippen molar-refractivity contribution in [3.8, 4) is 0 Å². The molecule has 1 aliphatic carbocycles. The summed E-state index contributed by atoms with van der Waals surface area (Å²) >= 11 is 12.3. The summed E-state index contributed by atoms with van der Waals surface area (Å²) in [5, 5.41) is 1.31. The van der Waals surface area contributed by atoms with Gasteiger partial charge in [0.05, 0.1) is 10.0 Å². The molecular formula is C14H20Cl2N2. The van der Waals surface area contributed by atoms with Crippen molar-refractivity contribution in [2.24, 2.45) is 5.73 Å². The van der Waals surface area contributed by atoms with E-state index < -0.39 is 0 Å². The monoisotopic (exact) mass is 286 g/mol. The van der Waals surface area contributed by atoms with Gasteiger partial charge < -0.3 is 5.73 Å². The molecule has 0 atom stereocenters. The van der Waals surface area contributed by atoms with E-state index in [1.54, 1.807) is 0 Å². The summed E-state index contributed by atoms with van der Waals surface area (Å²) in [6, 6.07) is 6.82. The number of halogens is 2. The molecule has 0 radical (unpaired) electrons. The smallest absolute Gasteiger partial charge is 0.0637 e. The maximum Gasteiger partial charge on any atom is 0.0637 e. The van der Waals surface area contributed by atoms with Gasteiger partial charge in [-0.05, 0) is 44.4 Å². The maximum atomic E-state index is 6.22. The molecule has 4 heteroatoms. The molecule has 18 heavy (non-hydrogen) atoms. The molecule has 2 rings (SSSR count). The Morgan fingerprint density at radius 1 is 1.22 bits per heavy atom. The van der Waals surface area contributed by atoms with Crippen LogP contribution in [0.2, 0.25) is 10.0 Å². The Morgan fingerprint density at radius 2 is 1.89 bits per heavy atom. The predicted molar refractivity (Wildman–Crippen MR) is 78.2 cm³/mol. The molecule has 1 fully saturated rings. The van der Waals surface area contributed by atoms with Gasteiger partial charge in [-0.2, -0.15) is 0 Å². The molecule has 0 unspecified atom stereocenters. The van der Waals surface area contributed by atoms with Crippen LogP contribution in [0.5, 0.6) is 0 Å². The molecule has 100 valence electrons. The number of rotatable bonds is 3. The Kier molecular flexibility index (Phi) is 4.91. The fourth-order valence-electron chi connectivity index (χ4n) is 2.61. The van der Waals surface area contributed by atoms with E-state index in [0.29, 0.717) is 22.1 Å². The van der Waals surface area contributed by atoms with Gasteiger partial charge in [0.25, 0.3) is 0 Å². The summed E-state index contributed by atoms with van der Waals surface area (Å²) < 4.78 is 0. The van der Waals surface area contributed by atoms with Gasteiger partial charge >= 0.3 is 0 Å². The van der Waals surface area contributed by atoms with E-state index in [1.165, 1.54) is 12.8 Å². The quantitative estimate of drug-likeness (QED) is 0.918. The molecule has 0 bridgehead atoms. The van der Waals surface area contributed by atoms with Gasteiger partial charge in [0.1, 0.15) is 0 Å². The minimum Gasteiger partial charge on any atom is -0.328 e. The van der Waals surface area contributed by atoms with Gasteiger partial charge in [0.2, 0.25) is 0 Å². The lowest BCUT2D eigenvalue weighted by Gasteiger charge is -2.33. The normalized spacial score (nSPS) is 24.5. The van der Waals surface area contributed by atoms with Crippen molar-refractivity contribution in [2.45, 2.75) is 44.3 Å². The number of hydrogen-bond donors (Lipinski definition) is 1. The van der Waals surface area contributed by atoms with Crippen LogP contribution in [0.3, 0.4) is 0 Å². The highest BCUT2D eigenvalue weighted by Crippen LogP contribution is 2.28. The SMILES string of the molecule is CN(Cc1cccc(Cl)c1Cl)C1CCC(N)CC1. The Hall–Kier alpha value is -0.280. The zero-order valence-corrected chi connectivity index (χ0v) is 12.2. The molecule has 0 heterocycles. The molecule has 0 aliphatic heterocycles. The summed E-state index contributed by atoms with van der Waals surface area (Å²) in [4.78, 5) is 2.36. The first kappa shape index (κ1) is 14.1. The van der Waals surface area contributed by atoms with Crippen molar-refractivity contribution in [3.05, 3.63) is 33.8 Å². The second-order valence-corrected chi connectivity index (χ2v) is 5.98. The molecule has 2 N–H and O–H groups in total. The lowest BCUT2D eigenvalue weighted by molar-refractivity contribution is 0.176. The third kappa shape index (κ3) is 3.39. The van der Waals surface area contributed by atoms with Gasteiger partial charge in [0.15, 0.2) is 0 Å². The first-order valence-electron chi connectivity index (χ1n) is 6.46. The third-order valence-corrected chi connectivity index (χ3v) is 4.67. The average Bonchev–Trinajstić information content (AvgIpc) is 2.36. The lowest BCUT2D eigenvalue weighted by atomic mass is 9.91.